The predicted octanol–water partition coefficient (Wildman–Crippen LogP) is -0.591. The first-order valence-corrected chi connectivity index (χ1v) is 10.1. The zero-order valence-corrected chi connectivity index (χ0v) is 16.5. The summed E-state index contributed by atoms with van der Waals surface area (Å²) in [6.45, 7) is 6.95. The average Bonchev–Trinajstić information content (AvgIpc) is 3.12. The molecule has 1 aliphatic carbocycles. The number of morpholine rings is 1. The topological polar surface area (TPSA) is 108 Å². The van der Waals surface area contributed by atoms with Crippen molar-refractivity contribution in [2.45, 2.75) is 25.8 Å². The fourth-order valence-corrected chi connectivity index (χ4v) is 4.82. The molecule has 2 heterocycles. The number of carbonyl (C=O) groups excluding carboxylic acids is 2. The Labute approximate surface area is 165 Å². The molecular formula is C19H31N3O6. The van der Waals surface area contributed by atoms with Gasteiger partial charge in [-0.25, -0.2) is 4.79 Å². The van der Waals surface area contributed by atoms with Crippen LogP contribution in [-0.4, -0.2) is 97.9 Å². The maximum atomic E-state index is 12.6. The van der Waals surface area contributed by atoms with Crippen molar-refractivity contribution in [1.82, 2.24) is 15.1 Å². The summed E-state index contributed by atoms with van der Waals surface area (Å²) in [7, 11) is 0. The summed E-state index contributed by atoms with van der Waals surface area (Å²) in [6.07, 6.45) is 1.52. The molecule has 9 heteroatoms. The van der Waals surface area contributed by atoms with Crippen molar-refractivity contribution in [3.05, 3.63) is 0 Å². The maximum absolute atomic E-state index is 12.6. The molecule has 3 aliphatic rings. The number of amides is 2. The first kappa shape index (κ1) is 21.0. The highest BCUT2D eigenvalue weighted by molar-refractivity contribution is 5.80. The minimum absolute atomic E-state index is 0.219. The fraction of sp³-hybridized carbons (Fsp3) is 0.842. The SMILES string of the molecule is C[C@H]1C[C@@H]2[C@@H](CC(=O)N2CCN2CCOCC2)[C@@H]1CNC(=O)COCC(=O)O. The number of hydrogen-bond donors (Lipinski definition) is 2. The number of nitrogens with one attached hydrogen (secondary N) is 1. The van der Waals surface area contributed by atoms with Gasteiger partial charge in [-0.3, -0.25) is 14.5 Å². The first-order valence-electron chi connectivity index (χ1n) is 10.1. The molecule has 3 rings (SSSR count). The average molecular weight is 397 g/mol. The molecule has 0 aromatic heterocycles. The van der Waals surface area contributed by atoms with E-state index in [2.05, 4.69) is 22.0 Å². The van der Waals surface area contributed by atoms with Gasteiger partial charge < -0.3 is 24.8 Å². The Morgan fingerprint density at radius 2 is 2.00 bits per heavy atom. The molecule has 2 saturated heterocycles. The second-order valence-corrected chi connectivity index (χ2v) is 8.04. The Hall–Kier alpha value is -1.71. The van der Waals surface area contributed by atoms with Gasteiger partial charge in [0.25, 0.3) is 0 Å². The minimum atomic E-state index is -1.10. The second-order valence-electron chi connectivity index (χ2n) is 8.04. The van der Waals surface area contributed by atoms with E-state index >= 15 is 0 Å². The number of carboxylic acid groups (broad SMARTS) is 1. The van der Waals surface area contributed by atoms with Crippen molar-refractivity contribution < 1.29 is 29.0 Å². The third-order valence-corrected chi connectivity index (χ3v) is 6.27. The van der Waals surface area contributed by atoms with Gasteiger partial charge in [-0.05, 0) is 24.2 Å². The molecular weight excluding hydrogens is 366 g/mol. The molecule has 2 amide bonds. The Balaban J connectivity index is 1.46. The standard InChI is InChI=1S/C19H31N3O6/c1-13-8-16-14(15(13)10-20-17(23)11-28-12-19(25)26)9-18(24)22(16)3-2-21-4-6-27-7-5-21/h13-16H,2-12H2,1H3,(H,20,23)(H,25,26)/t13-,14-,15+,16+/m0/s1. The van der Waals surface area contributed by atoms with Gasteiger partial charge in [0.2, 0.25) is 11.8 Å². The van der Waals surface area contributed by atoms with E-state index in [1.807, 2.05) is 0 Å². The van der Waals surface area contributed by atoms with E-state index < -0.39 is 12.6 Å². The molecule has 2 N–H and O–H groups in total. The maximum Gasteiger partial charge on any atom is 0.329 e. The lowest BCUT2D eigenvalue weighted by Crippen LogP contribution is -2.44. The van der Waals surface area contributed by atoms with Gasteiger partial charge in [0.15, 0.2) is 0 Å². The lowest BCUT2D eigenvalue weighted by Gasteiger charge is -2.31. The molecule has 3 fully saturated rings. The van der Waals surface area contributed by atoms with Gasteiger partial charge in [0.05, 0.1) is 13.2 Å². The zero-order chi connectivity index (χ0) is 20.1. The molecule has 0 radical (unpaired) electrons. The van der Waals surface area contributed by atoms with Crippen molar-refractivity contribution in [2.24, 2.45) is 17.8 Å². The van der Waals surface area contributed by atoms with E-state index in [4.69, 9.17) is 14.6 Å². The molecule has 0 aromatic carbocycles. The minimum Gasteiger partial charge on any atom is -0.480 e. The number of hydrogen-bond acceptors (Lipinski definition) is 6. The monoisotopic (exact) mass is 397 g/mol. The van der Waals surface area contributed by atoms with Crippen molar-refractivity contribution >= 4 is 17.8 Å². The molecule has 28 heavy (non-hydrogen) atoms. The molecule has 0 unspecified atom stereocenters. The highest BCUT2D eigenvalue weighted by Crippen LogP contribution is 2.45. The van der Waals surface area contributed by atoms with Crippen LogP contribution < -0.4 is 5.32 Å². The molecule has 158 valence electrons. The zero-order valence-electron chi connectivity index (χ0n) is 16.5. The number of nitrogens with zero attached hydrogens (tertiary/aromatic N) is 2. The first-order chi connectivity index (χ1) is 13.5. The second kappa shape index (κ2) is 9.67. The third-order valence-electron chi connectivity index (χ3n) is 6.27. The highest BCUT2D eigenvalue weighted by Gasteiger charge is 2.50. The number of aliphatic carboxylic acids is 1. The van der Waals surface area contributed by atoms with Crippen molar-refractivity contribution in [1.29, 1.82) is 0 Å². The van der Waals surface area contributed by atoms with E-state index in [0.29, 0.717) is 18.9 Å². The van der Waals surface area contributed by atoms with Crippen LogP contribution in [0.5, 0.6) is 0 Å². The summed E-state index contributed by atoms with van der Waals surface area (Å²) < 4.78 is 10.2. The Morgan fingerprint density at radius 1 is 1.25 bits per heavy atom. The number of carbonyl (C=O) groups is 3. The van der Waals surface area contributed by atoms with Crippen LogP contribution in [0.2, 0.25) is 0 Å². The fourth-order valence-electron chi connectivity index (χ4n) is 4.82. The van der Waals surface area contributed by atoms with Crippen LogP contribution in [0.15, 0.2) is 0 Å². The van der Waals surface area contributed by atoms with Crippen LogP contribution in [0.4, 0.5) is 0 Å². The third kappa shape index (κ3) is 5.21. The molecule has 0 spiro atoms. The van der Waals surface area contributed by atoms with Crippen LogP contribution in [0.25, 0.3) is 0 Å². The van der Waals surface area contributed by atoms with E-state index in [-0.39, 0.29) is 36.3 Å². The number of fused-ring (bicyclic) bond motifs is 1. The highest BCUT2D eigenvalue weighted by atomic mass is 16.5. The Kier molecular flexibility index (Phi) is 7.25. The number of carboxylic acids is 1. The van der Waals surface area contributed by atoms with E-state index in [9.17, 15) is 14.4 Å². The number of likely N-dealkylation sites (tertiary alicyclic amines) is 1. The van der Waals surface area contributed by atoms with Crippen molar-refractivity contribution in [3.8, 4) is 0 Å². The van der Waals surface area contributed by atoms with Crippen LogP contribution >= 0.6 is 0 Å². The van der Waals surface area contributed by atoms with E-state index in [1.54, 1.807) is 0 Å². The summed E-state index contributed by atoms with van der Waals surface area (Å²) in [5, 5.41) is 11.4. The largest absolute Gasteiger partial charge is 0.480 e. The van der Waals surface area contributed by atoms with E-state index in [1.165, 1.54) is 0 Å². The van der Waals surface area contributed by atoms with Gasteiger partial charge >= 0.3 is 5.97 Å². The summed E-state index contributed by atoms with van der Waals surface area (Å²) in [4.78, 5) is 39.3. The van der Waals surface area contributed by atoms with Gasteiger partial charge in [-0.15, -0.1) is 0 Å². The van der Waals surface area contributed by atoms with Crippen LogP contribution in [0.3, 0.4) is 0 Å². The van der Waals surface area contributed by atoms with Gasteiger partial charge in [-0.2, -0.15) is 0 Å². The van der Waals surface area contributed by atoms with Gasteiger partial charge in [0, 0.05) is 45.2 Å². The Bertz CT molecular complexity index is 580. The van der Waals surface area contributed by atoms with Crippen LogP contribution in [-0.2, 0) is 23.9 Å². The van der Waals surface area contributed by atoms with Crippen molar-refractivity contribution in [3.63, 3.8) is 0 Å². The molecule has 2 aliphatic heterocycles. The predicted molar refractivity (Wildman–Crippen MR) is 99.6 cm³/mol. The molecule has 0 bridgehead atoms. The Morgan fingerprint density at radius 3 is 2.71 bits per heavy atom. The summed E-state index contributed by atoms with van der Waals surface area (Å²) >= 11 is 0. The molecule has 0 aromatic rings. The van der Waals surface area contributed by atoms with Gasteiger partial charge in [0.1, 0.15) is 13.2 Å². The number of ether oxygens (including phenoxy) is 2. The lowest BCUT2D eigenvalue weighted by atomic mass is 9.88. The van der Waals surface area contributed by atoms with E-state index in [0.717, 1.165) is 45.8 Å². The summed E-state index contributed by atoms with van der Waals surface area (Å²) in [5.74, 6) is -0.240. The lowest BCUT2D eigenvalue weighted by molar-refractivity contribution is -0.143. The molecule has 4 atom stereocenters. The van der Waals surface area contributed by atoms with Crippen molar-refractivity contribution in [2.75, 3.05) is 59.2 Å². The summed E-state index contributed by atoms with van der Waals surface area (Å²) in [6, 6.07) is 0.258. The summed E-state index contributed by atoms with van der Waals surface area (Å²) in [5.41, 5.74) is 0. The molecule has 1 saturated carbocycles. The quantitative estimate of drug-likeness (QED) is 0.535. The smallest absolute Gasteiger partial charge is 0.329 e. The van der Waals surface area contributed by atoms with Crippen LogP contribution in [0.1, 0.15) is 19.8 Å². The normalized spacial score (nSPS) is 30.5. The molecule has 9 nitrogen and oxygen atoms in total. The number of rotatable bonds is 9. The van der Waals surface area contributed by atoms with Crippen LogP contribution in [0, 0.1) is 17.8 Å². The van der Waals surface area contributed by atoms with Gasteiger partial charge in [-0.1, -0.05) is 6.92 Å².